The SMILES string of the molecule is CCn1c2ccccc2c2cc(-c3nnc(-c4ccc(O)cc4)o3)ccc21. The number of aromatic nitrogens is 3. The molecule has 3 aromatic carbocycles. The number of nitrogens with zero attached hydrogens (tertiary/aromatic N) is 3. The van der Waals surface area contributed by atoms with E-state index >= 15 is 0 Å². The first-order chi connectivity index (χ1) is 13.2. The van der Waals surface area contributed by atoms with Gasteiger partial charge in [0.1, 0.15) is 5.75 Å². The van der Waals surface area contributed by atoms with Gasteiger partial charge in [-0.25, -0.2) is 0 Å². The molecule has 0 fully saturated rings. The van der Waals surface area contributed by atoms with Crippen LogP contribution >= 0.6 is 0 Å². The third-order valence-corrected chi connectivity index (χ3v) is 4.87. The van der Waals surface area contributed by atoms with E-state index in [1.54, 1.807) is 24.3 Å². The summed E-state index contributed by atoms with van der Waals surface area (Å²) >= 11 is 0. The van der Waals surface area contributed by atoms with Gasteiger partial charge in [0.05, 0.1) is 0 Å². The average molecular weight is 355 g/mol. The number of para-hydroxylation sites is 1. The van der Waals surface area contributed by atoms with Crippen molar-refractivity contribution in [3.05, 3.63) is 66.7 Å². The van der Waals surface area contributed by atoms with Gasteiger partial charge in [-0.3, -0.25) is 0 Å². The number of phenolic OH excluding ortho intramolecular Hbond substituents is 1. The summed E-state index contributed by atoms with van der Waals surface area (Å²) in [5.74, 6) is 1.12. The van der Waals surface area contributed by atoms with Crippen molar-refractivity contribution in [3.8, 4) is 28.7 Å². The average Bonchev–Trinajstić information content (AvgIpc) is 3.31. The molecule has 0 aliphatic rings. The molecule has 132 valence electrons. The number of aromatic hydroxyl groups is 1. The summed E-state index contributed by atoms with van der Waals surface area (Å²) in [5, 5.41) is 20.2. The number of aryl methyl sites for hydroxylation is 1. The lowest BCUT2D eigenvalue weighted by atomic mass is 10.1. The molecular formula is C22H17N3O2. The van der Waals surface area contributed by atoms with Crippen LogP contribution in [-0.4, -0.2) is 19.9 Å². The zero-order chi connectivity index (χ0) is 18.4. The molecular weight excluding hydrogens is 338 g/mol. The van der Waals surface area contributed by atoms with Crippen molar-refractivity contribution in [1.29, 1.82) is 0 Å². The van der Waals surface area contributed by atoms with Gasteiger partial charge in [0.25, 0.3) is 0 Å². The lowest BCUT2D eigenvalue weighted by Crippen LogP contribution is -1.92. The lowest BCUT2D eigenvalue weighted by molar-refractivity contribution is 0.475. The molecule has 5 aromatic rings. The summed E-state index contributed by atoms with van der Waals surface area (Å²) in [6.45, 7) is 3.07. The Kier molecular flexibility index (Phi) is 3.47. The van der Waals surface area contributed by atoms with E-state index < -0.39 is 0 Å². The molecule has 0 spiro atoms. The van der Waals surface area contributed by atoms with Crippen LogP contribution in [0.15, 0.2) is 71.1 Å². The molecule has 0 atom stereocenters. The second-order valence-electron chi connectivity index (χ2n) is 6.45. The van der Waals surface area contributed by atoms with Gasteiger partial charge < -0.3 is 14.1 Å². The van der Waals surface area contributed by atoms with Gasteiger partial charge in [-0.2, -0.15) is 0 Å². The lowest BCUT2D eigenvalue weighted by Gasteiger charge is -2.02. The Morgan fingerprint density at radius 1 is 0.815 bits per heavy atom. The van der Waals surface area contributed by atoms with Crippen molar-refractivity contribution in [1.82, 2.24) is 14.8 Å². The molecule has 5 rings (SSSR count). The van der Waals surface area contributed by atoms with Crippen molar-refractivity contribution in [2.45, 2.75) is 13.5 Å². The monoisotopic (exact) mass is 355 g/mol. The molecule has 0 bridgehead atoms. The Bertz CT molecular complexity index is 1270. The van der Waals surface area contributed by atoms with E-state index in [2.05, 4.69) is 58.1 Å². The summed E-state index contributed by atoms with van der Waals surface area (Å²) in [6, 6.07) is 21.4. The predicted molar refractivity (Wildman–Crippen MR) is 106 cm³/mol. The van der Waals surface area contributed by atoms with Crippen LogP contribution in [-0.2, 0) is 6.54 Å². The first kappa shape index (κ1) is 15.6. The van der Waals surface area contributed by atoms with Crippen molar-refractivity contribution >= 4 is 21.8 Å². The van der Waals surface area contributed by atoms with E-state index in [9.17, 15) is 5.11 Å². The molecule has 2 heterocycles. The van der Waals surface area contributed by atoms with Crippen LogP contribution in [0.1, 0.15) is 6.92 Å². The van der Waals surface area contributed by atoms with Gasteiger partial charge in [0.2, 0.25) is 11.8 Å². The van der Waals surface area contributed by atoms with E-state index in [0.717, 1.165) is 17.7 Å². The summed E-state index contributed by atoms with van der Waals surface area (Å²) < 4.78 is 8.19. The van der Waals surface area contributed by atoms with Gasteiger partial charge in [-0.15, -0.1) is 10.2 Å². The first-order valence-corrected chi connectivity index (χ1v) is 8.89. The van der Waals surface area contributed by atoms with Crippen LogP contribution in [0.4, 0.5) is 0 Å². The second-order valence-corrected chi connectivity index (χ2v) is 6.45. The normalized spacial score (nSPS) is 11.4. The van der Waals surface area contributed by atoms with Crippen LogP contribution in [0.25, 0.3) is 44.7 Å². The molecule has 0 amide bonds. The summed E-state index contributed by atoms with van der Waals surface area (Å²) in [4.78, 5) is 0. The third-order valence-electron chi connectivity index (χ3n) is 4.87. The van der Waals surface area contributed by atoms with Crippen molar-refractivity contribution in [2.75, 3.05) is 0 Å². The number of rotatable bonds is 3. The van der Waals surface area contributed by atoms with Gasteiger partial charge in [0, 0.05) is 39.5 Å². The number of hydrogen-bond donors (Lipinski definition) is 1. The Hall–Kier alpha value is -3.60. The van der Waals surface area contributed by atoms with Crippen LogP contribution in [0.2, 0.25) is 0 Å². The minimum Gasteiger partial charge on any atom is -0.508 e. The molecule has 5 nitrogen and oxygen atoms in total. The Morgan fingerprint density at radius 3 is 2.26 bits per heavy atom. The topological polar surface area (TPSA) is 64.1 Å². The molecule has 27 heavy (non-hydrogen) atoms. The fraction of sp³-hybridized carbons (Fsp3) is 0.0909. The van der Waals surface area contributed by atoms with Gasteiger partial charge in [-0.05, 0) is 55.5 Å². The molecule has 0 saturated carbocycles. The van der Waals surface area contributed by atoms with Gasteiger partial charge in [0.15, 0.2) is 0 Å². The Balaban J connectivity index is 1.64. The maximum Gasteiger partial charge on any atom is 0.248 e. The van der Waals surface area contributed by atoms with Crippen LogP contribution in [0.5, 0.6) is 5.75 Å². The maximum atomic E-state index is 9.43. The minimum atomic E-state index is 0.205. The molecule has 1 N–H and O–H groups in total. The Morgan fingerprint density at radius 2 is 1.48 bits per heavy atom. The third kappa shape index (κ3) is 2.47. The molecule has 0 saturated heterocycles. The van der Waals surface area contributed by atoms with E-state index in [1.807, 2.05) is 6.07 Å². The molecule has 0 aliphatic carbocycles. The van der Waals surface area contributed by atoms with Crippen LogP contribution < -0.4 is 0 Å². The quantitative estimate of drug-likeness (QED) is 0.481. The van der Waals surface area contributed by atoms with Crippen LogP contribution in [0.3, 0.4) is 0 Å². The first-order valence-electron chi connectivity index (χ1n) is 8.89. The van der Waals surface area contributed by atoms with Crippen molar-refractivity contribution in [3.63, 3.8) is 0 Å². The van der Waals surface area contributed by atoms with Gasteiger partial charge in [-0.1, -0.05) is 18.2 Å². The fourth-order valence-corrected chi connectivity index (χ4v) is 3.59. The minimum absolute atomic E-state index is 0.205. The van der Waals surface area contributed by atoms with E-state index in [-0.39, 0.29) is 5.75 Å². The molecule has 5 heteroatoms. The highest BCUT2D eigenvalue weighted by molar-refractivity contribution is 6.09. The van der Waals surface area contributed by atoms with E-state index in [4.69, 9.17) is 4.42 Å². The maximum absolute atomic E-state index is 9.43. The summed E-state index contributed by atoms with van der Waals surface area (Å²) in [6.07, 6.45) is 0. The standard InChI is InChI=1S/C22H17N3O2/c1-2-25-19-6-4-3-5-17(19)18-13-15(9-12-20(18)25)22-24-23-21(27-22)14-7-10-16(26)11-8-14/h3-13,26H,2H2,1H3. The van der Waals surface area contributed by atoms with Crippen LogP contribution in [0, 0.1) is 0 Å². The Labute approximate surface area is 155 Å². The smallest absolute Gasteiger partial charge is 0.248 e. The molecule has 0 unspecified atom stereocenters. The van der Waals surface area contributed by atoms with E-state index in [0.29, 0.717) is 11.8 Å². The zero-order valence-corrected chi connectivity index (χ0v) is 14.8. The second kappa shape index (κ2) is 5.99. The number of benzene rings is 3. The van der Waals surface area contributed by atoms with Gasteiger partial charge >= 0.3 is 0 Å². The highest BCUT2D eigenvalue weighted by Gasteiger charge is 2.14. The number of phenols is 1. The summed E-state index contributed by atoms with van der Waals surface area (Å²) in [5.41, 5.74) is 4.08. The highest BCUT2D eigenvalue weighted by Crippen LogP contribution is 2.33. The predicted octanol–water partition coefficient (Wildman–Crippen LogP) is 5.24. The number of hydrogen-bond acceptors (Lipinski definition) is 4. The number of fused-ring (bicyclic) bond motifs is 3. The fourth-order valence-electron chi connectivity index (χ4n) is 3.59. The zero-order valence-electron chi connectivity index (χ0n) is 14.8. The molecule has 2 aromatic heterocycles. The molecule has 0 radical (unpaired) electrons. The highest BCUT2D eigenvalue weighted by atomic mass is 16.4. The van der Waals surface area contributed by atoms with Crippen molar-refractivity contribution in [2.24, 2.45) is 0 Å². The summed E-state index contributed by atoms with van der Waals surface area (Å²) in [7, 11) is 0. The van der Waals surface area contributed by atoms with Crippen molar-refractivity contribution < 1.29 is 9.52 Å². The largest absolute Gasteiger partial charge is 0.508 e. The van der Waals surface area contributed by atoms with E-state index in [1.165, 1.54) is 21.8 Å². The molecule has 0 aliphatic heterocycles.